The van der Waals surface area contributed by atoms with E-state index in [0.29, 0.717) is 31.7 Å². The molecule has 21 heavy (non-hydrogen) atoms. The van der Waals surface area contributed by atoms with Crippen LogP contribution in [0.5, 0.6) is 5.75 Å². The summed E-state index contributed by atoms with van der Waals surface area (Å²) in [6.07, 6.45) is 0.634. The molecule has 0 bridgehead atoms. The third-order valence-corrected chi connectivity index (χ3v) is 5.39. The summed E-state index contributed by atoms with van der Waals surface area (Å²) in [5.41, 5.74) is 0.342. The molecule has 0 unspecified atom stereocenters. The molecule has 2 rings (SSSR count). The summed E-state index contributed by atoms with van der Waals surface area (Å²) in [6, 6.07) is 2.84. The first-order chi connectivity index (χ1) is 10.0. The molecule has 0 atom stereocenters. The number of nitrogens with zero attached hydrogens (tertiary/aromatic N) is 1. The summed E-state index contributed by atoms with van der Waals surface area (Å²) in [5.74, 6) is 0.132. The first-order valence-corrected chi connectivity index (χ1v) is 8.37. The second-order valence-electron chi connectivity index (χ2n) is 4.62. The van der Waals surface area contributed by atoms with Gasteiger partial charge in [0.05, 0.1) is 20.3 Å². The lowest BCUT2D eigenvalue weighted by Gasteiger charge is -2.22. The Morgan fingerprint density at radius 2 is 2.14 bits per heavy atom. The number of ether oxygens (including phenoxy) is 2. The molecule has 1 fully saturated rings. The first kappa shape index (κ1) is 16.5. The van der Waals surface area contributed by atoms with Gasteiger partial charge in [-0.15, -0.1) is 0 Å². The molecule has 0 saturated carbocycles. The van der Waals surface area contributed by atoms with Crippen LogP contribution in [0.25, 0.3) is 0 Å². The van der Waals surface area contributed by atoms with E-state index in [4.69, 9.17) is 21.1 Å². The van der Waals surface area contributed by atoms with Crippen molar-refractivity contribution in [3.05, 3.63) is 22.7 Å². The minimum Gasteiger partial charge on any atom is -0.495 e. The number of aliphatic hydroxyl groups excluding tert-OH is 1. The summed E-state index contributed by atoms with van der Waals surface area (Å²) >= 11 is 5.96. The standard InChI is InChI=1S/C13H18ClNO5S/c1-19-13-10(9-16)7-11(14)8-12(13)21(17,18)15-3-2-5-20-6-4-15/h7-8,16H,2-6,9H2,1H3. The van der Waals surface area contributed by atoms with Crippen LogP contribution in [0.4, 0.5) is 0 Å². The number of halogens is 1. The zero-order valence-electron chi connectivity index (χ0n) is 11.7. The fourth-order valence-electron chi connectivity index (χ4n) is 2.27. The van der Waals surface area contributed by atoms with E-state index in [0.717, 1.165) is 0 Å². The van der Waals surface area contributed by atoms with Gasteiger partial charge in [0.2, 0.25) is 10.0 Å². The Balaban J connectivity index is 2.50. The van der Waals surface area contributed by atoms with Crippen LogP contribution in [-0.2, 0) is 21.4 Å². The monoisotopic (exact) mass is 335 g/mol. The van der Waals surface area contributed by atoms with Gasteiger partial charge in [-0.2, -0.15) is 4.31 Å². The van der Waals surface area contributed by atoms with E-state index < -0.39 is 10.0 Å². The van der Waals surface area contributed by atoms with Crippen molar-refractivity contribution in [3.63, 3.8) is 0 Å². The van der Waals surface area contributed by atoms with Gasteiger partial charge in [0, 0.05) is 30.3 Å². The van der Waals surface area contributed by atoms with Gasteiger partial charge < -0.3 is 14.6 Å². The highest BCUT2D eigenvalue weighted by molar-refractivity contribution is 7.89. The third-order valence-electron chi connectivity index (χ3n) is 3.27. The van der Waals surface area contributed by atoms with E-state index in [1.807, 2.05) is 0 Å². The molecule has 0 spiro atoms. The van der Waals surface area contributed by atoms with Crippen LogP contribution in [-0.4, -0.2) is 51.2 Å². The Hall–Kier alpha value is -0.860. The first-order valence-electron chi connectivity index (χ1n) is 6.56. The lowest BCUT2D eigenvalue weighted by atomic mass is 10.2. The second-order valence-corrected chi connectivity index (χ2v) is 6.97. The molecule has 1 N–H and O–H groups in total. The molecule has 8 heteroatoms. The highest BCUT2D eigenvalue weighted by atomic mass is 35.5. The Bertz CT molecular complexity index is 597. The van der Waals surface area contributed by atoms with Crippen molar-refractivity contribution in [2.75, 3.05) is 33.4 Å². The predicted octanol–water partition coefficient (Wildman–Crippen LogP) is 1.25. The van der Waals surface area contributed by atoms with E-state index >= 15 is 0 Å². The van der Waals surface area contributed by atoms with Crippen molar-refractivity contribution in [1.29, 1.82) is 0 Å². The highest BCUT2D eigenvalue weighted by Gasteiger charge is 2.30. The van der Waals surface area contributed by atoms with Gasteiger partial charge in [0.1, 0.15) is 10.6 Å². The normalized spacial score (nSPS) is 17.5. The summed E-state index contributed by atoms with van der Waals surface area (Å²) in [7, 11) is -2.38. The van der Waals surface area contributed by atoms with Crippen molar-refractivity contribution >= 4 is 21.6 Å². The van der Waals surface area contributed by atoms with Crippen molar-refractivity contribution in [2.45, 2.75) is 17.9 Å². The number of methoxy groups -OCH3 is 1. The SMILES string of the molecule is COc1c(CO)cc(Cl)cc1S(=O)(=O)N1CCCOCC1. The molecule has 1 saturated heterocycles. The Morgan fingerprint density at radius 3 is 2.81 bits per heavy atom. The number of rotatable bonds is 4. The smallest absolute Gasteiger partial charge is 0.246 e. The molecule has 1 aliphatic heterocycles. The van der Waals surface area contributed by atoms with E-state index in [9.17, 15) is 13.5 Å². The van der Waals surface area contributed by atoms with Crippen LogP contribution >= 0.6 is 11.6 Å². The maximum absolute atomic E-state index is 12.8. The van der Waals surface area contributed by atoms with E-state index in [1.54, 1.807) is 0 Å². The molecule has 1 heterocycles. The van der Waals surface area contributed by atoms with Crippen molar-refractivity contribution in [2.24, 2.45) is 0 Å². The van der Waals surface area contributed by atoms with Gasteiger partial charge in [0.25, 0.3) is 0 Å². The van der Waals surface area contributed by atoms with Crippen LogP contribution in [0.15, 0.2) is 17.0 Å². The van der Waals surface area contributed by atoms with E-state index in [2.05, 4.69) is 0 Å². The summed E-state index contributed by atoms with van der Waals surface area (Å²) in [5, 5.41) is 9.59. The molecular formula is C13H18ClNO5S. The van der Waals surface area contributed by atoms with Crippen LogP contribution in [0, 0.1) is 0 Å². The highest BCUT2D eigenvalue weighted by Crippen LogP contribution is 2.34. The molecule has 118 valence electrons. The summed E-state index contributed by atoms with van der Waals surface area (Å²) < 4.78 is 37.4. The van der Waals surface area contributed by atoms with Gasteiger partial charge in [-0.25, -0.2) is 8.42 Å². The Morgan fingerprint density at radius 1 is 1.38 bits per heavy atom. The molecular weight excluding hydrogens is 318 g/mol. The van der Waals surface area contributed by atoms with Crippen molar-refractivity contribution in [3.8, 4) is 5.75 Å². The molecule has 1 aliphatic rings. The van der Waals surface area contributed by atoms with Crippen LogP contribution in [0.1, 0.15) is 12.0 Å². The minimum atomic E-state index is -3.75. The maximum Gasteiger partial charge on any atom is 0.246 e. The quantitative estimate of drug-likeness (QED) is 0.896. The van der Waals surface area contributed by atoms with Crippen molar-refractivity contribution in [1.82, 2.24) is 4.31 Å². The van der Waals surface area contributed by atoms with Crippen LogP contribution in [0.3, 0.4) is 0 Å². The number of hydrogen-bond acceptors (Lipinski definition) is 5. The van der Waals surface area contributed by atoms with E-state index in [-0.39, 0.29) is 28.8 Å². The van der Waals surface area contributed by atoms with Crippen molar-refractivity contribution < 1.29 is 23.0 Å². The Labute approximate surface area is 129 Å². The lowest BCUT2D eigenvalue weighted by Crippen LogP contribution is -2.33. The third kappa shape index (κ3) is 3.49. The van der Waals surface area contributed by atoms with Gasteiger partial charge >= 0.3 is 0 Å². The lowest BCUT2D eigenvalue weighted by molar-refractivity contribution is 0.148. The maximum atomic E-state index is 12.8. The minimum absolute atomic E-state index is 0.0246. The second kappa shape index (κ2) is 6.93. The fourth-order valence-corrected chi connectivity index (χ4v) is 4.26. The molecule has 0 radical (unpaired) electrons. The molecule has 0 aliphatic carbocycles. The average molecular weight is 336 g/mol. The number of aliphatic hydroxyl groups is 1. The topological polar surface area (TPSA) is 76.1 Å². The number of hydrogen-bond donors (Lipinski definition) is 1. The van der Waals surface area contributed by atoms with Gasteiger partial charge in [-0.3, -0.25) is 0 Å². The molecule has 1 aromatic carbocycles. The zero-order chi connectivity index (χ0) is 15.5. The van der Waals surface area contributed by atoms with Gasteiger partial charge in [0.15, 0.2) is 0 Å². The fraction of sp³-hybridized carbons (Fsp3) is 0.538. The van der Waals surface area contributed by atoms with Crippen LogP contribution in [0.2, 0.25) is 5.02 Å². The summed E-state index contributed by atoms with van der Waals surface area (Å²) in [4.78, 5) is -0.0246. The molecule has 0 amide bonds. The van der Waals surface area contributed by atoms with E-state index in [1.165, 1.54) is 23.5 Å². The molecule has 6 nitrogen and oxygen atoms in total. The largest absolute Gasteiger partial charge is 0.495 e. The number of benzene rings is 1. The molecule has 0 aromatic heterocycles. The Kier molecular flexibility index (Phi) is 5.45. The van der Waals surface area contributed by atoms with Gasteiger partial charge in [-0.1, -0.05) is 11.6 Å². The zero-order valence-corrected chi connectivity index (χ0v) is 13.3. The van der Waals surface area contributed by atoms with Crippen LogP contribution < -0.4 is 4.74 Å². The average Bonchev–Trinajstić information content (AvgIpc) is 2.75. The van der Waals surface area contributed by atoms with Gasteiger partial charge in [-0.05, 0) is 18.6 Å². The number of sulfonamides is 1. The summed E-state index contributed by atoms with van der Waals surface area (Å²) in [6.45, 7) is 1.21. The predicted molar refractivity (Wildman–Crippen MR) is 78.1 cm³/mol. The molecule has 1 aromatic rings.